The van der Waals surface area contributed by atoms with Crippen LogP contribution in [0.3, 0.4) is 0 Å². The molecule has 1 heterocycles. The first-order valence-electron chi connectivity index (χ1n) is 4.35. The topological polar surface area (TPSA) is 63.2 Å². The number of thiol groups is 1. The fourth-order valence-corrected chi connectivity index (χ4v) is 2.85. The highest BCUT2D eigenvalue weighted by atomic mass is 32.2. The van der Waals surface area contributed by atoms with Crippen molar-refractivity contribution in [1.82, 2.24) is 5.32 Å². The maximum absolute atomic E-state index is 11.3. The first-order chi connectivity index (χ1) is 7.09. The van der Waals surface area contributed by atoms with Crippen molar-refractivity contribution in [2.75, 3.05) is 17.3 Å². The molecule has 0 aliphatic carbocycles. The molecule has 0 aromatic heterocycles. The molecule has 84 valence electrons. The van der Waals surface area contributed by atoms with Crippen LogP contribution in [0.2, 0.25) is 0 Å². The lowest BCUT2D eigenvalue weighted by Gasteiger charge is -2.09. The van der Waals surface area contributed by atoms with E-state index >= 15 is 0 Å². The molecule has 1 saturated heterocycles. The van der Waals surface area contributed by atoms with E-state index in [1.807, 2.05) is 0 Å². The Bertz CT molecular complexity index is 282. The number of carbonyl (C=O) groups excluding carboxylic acids is 3. The van der Waals surface area contributed by atoms with Gasteiger partial charge in [-0.2, -0.15) is 0 Å². The van der Waals surface area contributed by atoms with Gasteiger partial charge in [0.1, 0.15) is 0 Å². The van der Waals surface area contributed by atoms with Gasteiger partial charge in [0.15, 0.2) is 5.12 Å². The van der Waals surface area contributed by atoms with Crippen LogP contribution >= 0.6 is 36.2 Å². The average Bonchev–Trinajstić information content (AvgIpc) is 2.51. The minimum absolute atomic E-state index is 0.0265. The highest BCUT2D eigenvalue weighted by Crippen LogP contribution is 2.19. The zero-order valence-corrected chi connectivity index (χ0v) is 10.4. The van der Waals surface area contributed by atoms with Crippen LogP contribution in [-0.4, -0.2) is 39.4 Å². The lowest BCUT2D eigenvalue weighted by atomic mass is 10.2. The SMILES string of the molecule is O=C(S)CSCC(=O)NC1CCSC1=O. The Kier molecular flexibility index (Phi) is 5.55. The van der Waals surface area contributed by atoms with Crippen LogP contribution in [0.15, 0.2) is 0 Å². The number of nitrogens with one attached hydrogen (secondary N) is 1. The molecular weight excluding hydrogens is 254 g/mol. The average molecular weight is 265 g/mol. The minimum Gasteiger partial charge on any atom is -0.345 e. The molecule has 1 fully saturated rings. The van der Waals surface area contributed by atoms with Crippen molar-refractivity contribution in [1.29, 1.82) is 0 Å². The summed E-state index contributed by atoms with van der Waals surface area (Å²) >= 11 is 6.03. The molecule has 1 rings (SSSR count). The second-order valence-corrected chi connectivity index (χ2v) is 5.55. The Morgan fingerprint density at radius 3 is 2.80 bits per heavy atom. The van der Waals surface area contributed by atoms with Gasteiger partial charge in [-0.25, -0.2) is 0 Å². The number of hydrogen-bond donors (Lipinski definition) is 2. The molecule has 0 radical (unpaired) electrons. The third-order valence-electron chi connectivity index (χ3n) is 1.73. The first-order valence-corrected chi connectivity index (χ1v) is 6.94. The second-order valence-electron chi connectivity index (χ2n) is 2.96. The normalized spacial score (nSPS) is 20.3. The maximum Gasteiger partial charge on any atom is 0.230 e. The molecule has 7 heteroatoms. The molecule has 1 aliphatic heterocycles. The van der Waals surface area contributed by atoms with Crippen LogP contribution < -0.4 is 5.32 Å². The summed E-state index contributed by atoms with van der Waals surface area (Å²) in [6.07, 6.45) is 0.700. The number of amides is 1. The molecule has 0 aromatic carbocycles. The predicted octanol–water partition coefficient (Wildman–Crippen LogP) is 0.324. The quantitative estimate of drug-likeness (QED) is 0.701. The van der Waals surface area contributed by atoms with Gasteiger partial charge in [0, 0.05) is 5.75 Å². The van der Waals surface area contributed by atoms with Crippen molar-refractivity contribution < 1.29 is 14.4 Å². The Labute approximate surface area is 102 Å². The Balaban J connectivity index is 2.18. The summed E-state index contributed by atoms with van der Waals surface area (Å²) in [6.45, 7) is 0. The van der Waals surface area contributed by atoms with Gasteiger partial charge in [-0.05, 0) is 6.42 Å². The molecule has 1 N–H and O–H groups in total. The van der Waals surface area contributed by atoms with Crippen LogP contribution in [0, 0.1) is 0 Å². The van der Waals surface area contributed by atoms with E-state index in [-0.39, 0.29) is 33.7 Å². The van der Waals surface area contributed by atoms with Crippen molar-refractivity contribution in [3.05, 3.63) is 0 Å². The van der Waals surface area contributed by atoms with Crippen LogP contribution in [-0.2, 0) is 14.4 Å². The first kappa shape index (κ1) is 12.9. The summed E-state index contributed by atoms with van der Waals surface area (Å²) in [7, 11) is 0. The molecule has 0 aromatic rings. The van der Waals surface area contributed by atoms with Crippen LogP contribution in [0.4, 0.5) is 0 Å². The molecule has 0 bridgehead atoms. The summed E-state index contributed by atoms with van der Waals surface area (Å²) in [6, 6.07) is -0.338. The Morgan fingerprint density at radius 2 is 2.27 bits per heavy atom. The standard InChI is InChI=1S/C8H11NO3S3/c10-6(3-14-4-7(11)13)9-5-1-2-15-8(5)12/h5H,1-4H2,(H,9,10)(H,11,13). The lowest BCUT2D eigenvalue weighted by molar-refractivity contribution is -0.122. The second kappa shape index (κ2) is 6.44. The maximum atomic E-state index is 11.3. The van der Waals surface area contributed by atoms with Crippen LogP contribution in [0.5, 0.6) is 0 Å². The van der Waals surface area contributed by atoms with Crippen molar-refractivity contribution in [3.8, 4) is 0 Å². The Hall–Kier alpha value is -0.140. The fourth-order valence-electron chi connectivity index (χ4n) is 1.09. The highest BCUT2D eigenvalue weighted by Gasteiger charge is 2.26. The van der Waals surface area contributed by atoms with Gasteiger partial charge < -0.3 is 5.32 Å². The molecule has 0 spiro atoms. The smallest absolute Gasteiger partial charge is 0.230 e. The lowest BCUT2D eigenvalue weighted by Crippen LogP contribution is -2.38. The van der Waals surface area contributed by atoms with Crippen LogP contribution in [0.25, 0.3) is 0 Å². The number of rotatable bonds is 5. The number of thioether (sulfide) groups is 2. The number of hydrogen-bond acceptors (Lipinski definition) is 5. The van der Waals surface area contributed by atoms with Gasteiger partial charge in [0.05, 0.1) is 17.5 Å². The van der Waals surface area contributed by atoms with Gasteiger partial charge in [-0.15, -0.1) is 24.4 Å². The molecule has 0 saturated carbocycles. The van der Waals surface area contributed by atoms with Crippen molar-refractivity contribution in [2.24, 2.45) is 0 Å². The Morgan fingerprint density at radius 1 is 1.53 bits per heavy atom. The molecule has 1 aliphatic rings. The minimum atomic E-state index is -0.338. The van der Waals surface area contributed by atoms with E-state index in [0.717, 1.165) is 5.75 Å². The van der Waals surface area contributed by atoms with E-state index in [0.29, 0.717) is 6.42 Å². The molecular formula is C8H11NO3S3. The molecule has 4 nitrogen and oxygen atoms in total. The zero-order chi connectivity index (χ0) is 11.3. The molecule has 1 amide bonds. The highest BCUT2D eigenvalue weighted by molar-refractivity contribution is 8.14. The van der Waals surface area contributed by atoms with Gasteiger partial charge in [0.2, 0.25) is 11.0 Å². The van der Waals surface area contributed by atoms with Gasteiger partial charge >= 0.3 is 0 Å². The predicted molar refractivity (Wildman–Crippen MR) is 65.3 cm³/mol. The summed E-state index contributed by atoms with van der Waals surface area (Å²) in [5, 5.41) is 2.41. The summed E-state index contributed by atoms with van der Waals surface area (Å²) in [5.41, 5.74) is 0. The number of carbonyl (C=O) groups is 3. The fraction of sp³-hybridized carbons (Fsp3) is 0.625. The molecule has 1 atom stereocenters. The van der Waals surface area contributed by atoms with Gasteiger partial charge in [-0.3, -0.25) is 14.4 Å². The zero-order valence-electron chi connectivity index (χ0n) is 7.89. The van der Waals surface area contributed by atoms with Gasteiger partial charge in [-0.1, -0.05) is 11.8 Å². The molecule has 15 heavy (non-hydrogen) atoms. The van der Waals surface area contributed by atoms with E-state index < -0.39 is 0 Å². The van der Waals surface area contributed by atoms with Crippen molar-refractivity contribution in [3.63, 3.8) is 0 Å². The van der Waals surface area contributed by atoms with E-state index in [2.05, 4.69) is 17.9 Å². The van der Waals surface area contributed by atoms with Crippen molar-refractivity contribution >= 4 is 52.3 Å². The van der Waals surface area contributed by atoms with E-state index in [1.54, 1.807) is 0 Å². The van der Waals surface area contributed by atoms with E-state index in [4.69, 9.17) is 0 Å². The summed E-state index contributed by atoms with van der Waals surface area (Å²) < 4.78 is 0. The van der Waals surface area contributed by atoms with Crippen LogP contribution in [0.1, 0.15) is 6.42 Å². The van der Waals surface area contributed by atoms with E-state index in [1.165, 1.54) is 23.5 Å². The third kappa shape index (κ3) is 4.94. The molecule has 1 unspecified atom stereocenters. The summed E-state index contributed by atoms with van der Waals surface area (Å²) in [5.74, 6) is 0.979. The van der Waals surface area contributed by atoms with Crippen molar-refractivity contribution in [2.45, 2.75) is 12.5 Å². The summed E-state index contributed by atoms with van der Waals surface area (Å²) in [4.78, 5) is 32.9. The monoisotopic (exact) mass is 265 g/mol. The van der Waals surface area contributed by atoms with Gasteiger partial charge in [0.25, 0.3) is 0 Å². The third-order valence-corrected chi connectivity index (χ3v) is 4.04. The van der Waals surface area contributed by atoms with E-state index in [9.17, 15) is 14.4 Å². The largest absolute Gasteiger partial charge is 0.345 e.